The standard InChI is InChI=1S/C8H10F9NO3S/c1-4(2,19)3-18-22(20,21)8(16,17)6(11,12)5(9,10)7(13,14)15/h18-19H,3H2,1-2H3. The van der Waals surface area contributed by atoms with Gasteiger partial charge in [0.15, 0.2) is 0 Å². The molecule has 22 heavy (non-hydrogen) atoms. The molecule has 0 unspecified atom stereocenters. The molecule has 0 heterocycles. The van der Waals surface area contributed by atoms with Crippen molar-refractivity contribution in [2.45, 2.75) is 42.7 Å². The summed E-state index contributed by atoms with van der Waals surface area (Å²) in [5.41, 5.74) is -2.06. The molecule has 0 saturated heterocycles. The lowest BCUT2D eigenvalue weighted by molar-refractivity contribution is -0.382. The number of nitrogens with one attached hydrogen (secondary N) is 1. The summed E-state index contributed by atoms with van der Waals surface area (Å²) < 4.78 is 135. The van der Waals surface area contributed by atoms with Gasteiger partial charge in [-0.1, -0.05) is 0 Å². The molecule has 0 aliphatic carbocycles. The molecule has 0 aromatic rings. The number of hydrogen-bond acceptors (Lipinski definition) is 3. The first-order valence-corrected chi connectivity index (χ1v) is 6.61. The highest BCUT2D eigenvalue weighted by Crippen LogP contribution is 2.54. The molecule has 0 fully saturated rings. The van der Waals surface area contributed by atoms with E-state index >= 15 is 0 Å². The topological polar surface area (TPSA) is 66.4 Å². The molecular formula is C8H10F9NO3S. The summed E-state index contributed by atoms with van der Waals surface area (Å²) in [4.78, 5) is 0. The third-order valence-electron chi connectivity index (χ3n) is 2.15. The fraction of sp³-hybridized carbons (Fsp3) is 1.00. The lowest BCUT2D eigenvalue weighted by Gasteiger charge is -2.33. The van der Waals surface area contributed by atoms with Crippen molar-refractivity contribution in [1.82, 2.24) is 4.72 Å². The van der Waals surface area contributed by atoms with Gasteiger partial charge in [0.1, 0.15) is 0 Å². The van der Waals surface area contributed by atoms with E-state index < -0.39 is 45.4 Å². The van der Waals surface area contributed by atoms with E-state index in [4.69, 9.17) is 5.11 Å². The van der Waals surface area contributed by atoms with Crippen LogP contribution in [0.1, 0.15) is 13.8 Å². The summed E-state index contributed by atoms with van der Waals surface area (Å²) >= 11 is 0. The number of rotatable bonds is 6. The van der Waals surface area contributed by atoms with Crippen molar-refractivity contribution in [2.75, 3.05) is 6.54 Å². The largest absolute Gasteiger partial charge is 0.460 e. The maximum Gasteiger partial charge on any atom is 0.460 e. The van der Waals surface area contributed by atoms with Crippen LogP contribution in [0.2, 0.25) is 0 Å². The fourth-order valence-electron chi connectivity index (χ4n) is 0.892. The second-order valence-corrected chi connectivity index (χ2v) is 6.61. The minimum absolute atomic E-state index is 0.660. The number of alkyl halides is 9. The second kappa shape index (κ2) is 5.40. The Kier molecular flexibility index (Phi) is 5.22. The zero-order chi connectivity index (χ0) is 18.4. The van der Waals surface area contributed by atoms with Gasteiger partial charge in [-0.2, -0.15) is 39.5 Å². The zero-order valence-corrected chi connectivity index (χ0v) is 11.6. The summed E-state index contributed by atoms with van der Waals surface area (Å²) in [5.74, 6) is -14.6. The first kappa shape index (κ1) is 21.2. The summed E-state index contributed by atoms with van der Waals surface area (Å²) in [7, 11) is -6.67. The number of halogens is 9. The monoisotopic (exact) mass is 371 g/mol. The maximum absolute atomic E-state index is 13.1. The Hall–Kier alpha value is -0.760. The van der Waals surface area contributed by atoms with Gasteiger partial charge >= 0.3 is 23.3 Å². The Morgan fingerprint density at radius 1 is 0.864 bits per heavy atom. The van der Waals surface area contributed by atoms with E-state index in [0.29, 0.717) is 4.72 Å². The molecule has 0 aliphatic rings. The molecule has 0 radical (unpaired) electrons. The predicted octanol–water partition coefficient (Wildman–Crippen LogP) is 2.10. The van der Waals surface area contributed by atoms with Crippen molar-refractivity contribution in [1.29, 1.82) is 0 Å². The highest BCUT2D eigenvalue weighted by molar-refractivity contribution is 7.90. The minimum atomic E-state index is -7.31. The van der Waals surface area contributed by atoms with Gasteiger partial charge in [-0.15, -0.1) is 0 Å². The molecule has 0 atom stereocenters. The maximum atomic E-state index is 13.1. The third kappa shape index (κ3) is 3.59. The normalized spacial score (nSPS) is 16.0. The zero-order valence-electron chi connectivity index (χ0n) is 10.8. The average molecular weight is 371 g/mol. The van der Waals surface area contributed by atoms with Crippen LogP contribution in [0.25, 0.3) is 0 Å². The van der Waals surface area contributed by atoms with Crippen molar-refractivity contribution in [3.63, 3.8) is 0 Å². The molecule has 0 spiro atoms. The summed E-state index contributed by atoms with van der Waals surface area (Å²) in [6.45, 7) is 0.324. The quantitative estimate of drug-likeness (QED) is 0.703. The molecule has 0 amide bonds. The molecule has 0 bridgehead atoms. The smallest absolute Gasteiger partial charge is 0.389 e. The van der Waals surface area contributed by atoms with Crippen LogP contribution in [-0.4, -0.2) is 48.9 Å². The van der Waals surface area contributed by atoms with E-state index in [1.54, 1.807) is 0 Å². The average Bonchev–Trinajstić information content (AvgIpc) is 2.23. The Balaban J connectivity index is 5.81. The molecule has 0 saturated carbocycles. The molecule has 0 rings (SSSR count). The third-order valence-corrected chi connectivity index (χ3v) is 3.60. The Bertz CT molecular complexity index is 506. The Labute approximate surface area is 118 Å². The SMILES string of the molecule is CC(C)(O)CNS(=O)(=O)C(F)(F)C(F)(F)C(F)(F)C(F)(F)F. The van der Waals surface area contributed by atoms with Gasteiger partial charge in [-0.3, -0.25) is 0 Å². The van der Waals surface area contributed by atoms with Crippen molar-refractivity contribution < 1.29 is 53.0 Å². The van der Waals surface area contributed by atoms with E-state index in [2.05, 4.69) is 0 Å². The van der Waals surface area contributed by atoms with Crippen LogP contribution < -0.4 is 4.72 Å². The number of aliphatic hydroxyl groups is 1. The highest BCUT2D eigenvalue weighted by Gasteiger charge is 2.85. The van der Waals surface area contributed by atoms with Crippen LogP contribution >= 0.6 is 0 Å². The van der Waals surface area contributed by atoms with E-state index in [-0.39, 0.29) is 0 Å². The van der Waals surface area contributed by atoms with Gasteiger partial charge in [-0.25, -0.2) is 13.1 Å². The van der Waals surface area contributed by atoms with Crippen molar-refractivity contribution in [2.24, 2.45) is 0 Å². The molecule has 0 aliphatic heterocycles. The van der Waals surface area contributed by atoms with Crippen LogP contribution in [-0.2, 0) is 10.0 Å². The van der Waals surface area contributed by atoms with E-state index in [1.807, 2.05) is 0 Å². The summed E-state index contributed by atoms with van der Waals surface area (Å²) in [6, 6.07) is 0. The first-order valence-electron chi connectivity index (χ1n) is 5.12. The van der Waals surface area contributed by atoms with Crippen molar-refractivity contribution in [3.05, 3.63) is 0 Å². The fourth-order valence-corrected chi connectivity index (χ4v) is 2.08. The van der Waals surface area contributed by atoms with Gasteiger partial charge in [0.25, 0.3) is 10.0 Å². The second-order valence-electron chi connectivity index (χ2n) is 4.80. The van der Waals surface area contributed by atoms with Crippen LogP contribution in [0.3, 0.4) is 0 Å². The van der Waals surface area contributed by atoms with Crippen LogP contribution in [0.5, 0.6) is 0 Å². The first-order chi connectivity index (χ1) is 9.21. The lowest BCUT2D eigenvalue weighted by Crippen LogP contribution is -2.65. The number of hydrogen-bond donors (Lipinski definition) is 2. The van der Waals surface area contributed by atoms with Crippen molar-refractivity contribution >= 4 is 10.0 Å². The van der Waals surface area contributed by atoms with Crippen LogP contribution in [0, 0.1) is 0 Å². The summed E-state index contributed by atoms with van der Waals surface area (Å²) in [5, 5.41) is 2.25. The molecule has 0 aromatic heterocycles. The van der Waals surface area contributed by atoms with E-state index in [9.17, 15) is 47.9 Å². The van der Waals surface area contributed by atoms with Gasteiger partial charge in [0.2, 0.25) is 0 Å². The minimum Gasteiger partial charge on any atom is -0.389 e. The predicted molar refractivity (Wildman–Crippen MR) is 54.1 cm³/mol. The Morgan fingerprint density at radius 3 is 1.50 bits per heavy atom. The summed E-state index contributed by atoms with van der Waals surface area (Å²) in [6.07, 6.45) is -7.12. The lowest BCUT2D eigenvalue weighted by atomic mass is 10.1. The van der Waals surface area contributed by atoms with E-state index in [0.717, 1.165) is 13.8 Å². The van der Waals surface area contributed by atoms with Crippen LogP contribution in [0.15, 0.2) is 0 Å². The van der Waals surface area contributed by atoms with Crippen molar-refractivity contribution in [3.8, 4) is 0 Å². The molecule has 2 N–H and O–H groups in total. The van der Waals surface area contributed by atoms with Gasteiger partial charge in [-0.05, 0) is 13.8 Å². The van der Waals surface area contributed by atoms with E-state index in [1.165, 1.54) is 0 Å². The molecule has 4 nitrogen and oxygen atoms in total. The molecular weight excluding hydrogens is 361 g/mol. The Morgan fingerprint density at radius 2 is 1.23 bits per heavy atom. The highest BCUT2D eigenvalue weighted by atomic mass is 32.2. The molecule has 134 valence electrons. The number of sulfonamides is 1. The van der Waals surface area contributed by atoms with Gasteiger partial charge in [0.05, 0.1) is 5.60 Å². The van der Waals surface area contributed by atoms with Gasteiger partial charge < -0.3 is 5.11 Å². The van der Waals surface area contributed by atoms with Gasteiger partial charge in [0, 0.05) is 6.54 Å². The molecule has 14 heteroatoms. The molecule has 0 aromatic carbocycles. The van der Waals surface area contributed by atoms with Crippen LogP contribution in [0.4, 0.5) is 39.5 Å².